The van der Waals surface area contributed by atoms with Gasteiger partial charge in [0.25, 0.3) is 0 Å². The quantitative estimate of drug-likeness (QED) is 0.551. The summed E-state index contributed by atoms with van der Waals surface area (Å²) in [6.07, 6.45) is 0.921. The monoisotopic (exact) mass is 260 g/mol. The molecule has 0 saturated heterocycles. The summed E-state index contributed by atoms with van der Waals surface area (Å²) < 4.78 is 0. The van der Waals surface area contributed by atoms with Crippen LogP contribution < -0.4 is 0 Å². The number of carboxylic acids is 2. The van der Waals surface area contributed by atoms with Crippen LogP contribution in [0.15, 0.2) is 0 Å². The molecule has 18 heavy (non-hydrogen) atoms. The topological polar surface area (TPSA) is 115 Å². The molecule has 0 bridgehead atoms. The van der Waals surface area contributed by atoms with Crippen molar-refractivity contribution in [1.82, 2.24) is 0 Å². The molecular formula is C12H20O6. The van der Waals surface area contributed by atoms with E-state index in [1.54, 1.807) is 0 Å². The van der Waals surface area contributed by atoms with Crippen molar-refractivity contribution >= 4 is 11.9 Å². The first kappa shape index (κ1) is 14.9. The third-order valence-electron chi connectivity index (χ3n) is 3.69. The molecule has 4 unspecified atom stereocenters. The summed E-state index contributed by atoms with van der Waals surface area (Å²) in [5.41, 5.74) is 0. The summed E-state index contributed by atoms with van der Waals surface area (Å²) in [7, 11) is 0. The average Bonchev–Trinajstić information content (AvgIpc) is 2.31. The van der Waals surface area contributed by atoms with E-state index in [-0.39, 0.29) is 24.7 Å². The second-order valence-corrected chi connectivity index (χ2v) is 4.98. The number of aliphatic hydroxyl groups excluding tert-OH is 2. The van der Waals surface area contributed by atoms with Crippen molar-refractivity contribution in [2.24, 2.45) is 11.8 Å². The van der Waals surface area contributed by atoms with Gasteiger partial charge < -0.3 is 20.4 Å². The van der Waals surface area contributed by atoms with Crippen LogP contribution in [-0.4, -0.2) is 44.6 Å². The number of carbonyl (C=O) groups is 2. The lowest BCUT2D eigenvalue weighted by atomic mass is 9.74. The molecule has 0 radical (unpaired) electrons. The first-order valence-electron chi connectivity index (χ1n) is 6.23. The molecule has 0 aromatic heterocycles. The molecule has 1 saturated carbocycles. The Labute approximate surface area is 105 Å². The van der Waals surface area contributed by atoms with Crippen LogP contribution in [0.4, 0.5) is 0 Å². The number of hydrogen-bond acceptors (Lipinski definition) is 4. The van der Waals surface area contributed by atoms with Gasteiger partial charge in [0.1, 0.15) is 0 Å². The second-order valence-electron chi connectivity index (χ2n) is 4.98. The molecule has 1 rings (SSSR count). The van der Waals surface area contributed by atoms with Gasteiger partial charge in [0.05, 0.1) is 0 Å². The molecule has 6 heteroatoms. The number of aliphatic carboxylic acids is 2. The highest BCUT2D eigenvalue weighted by Gasteiger charge is 2.31. The maximum Gasteiger partial charge on any atom is 0.332 e. The highest BCUT2D eigenvalue weighted by Crippen LogP contribution is 2.36. The van der Waals surface area contributed by atoms with E-state index in [9.17, 15) is 19.8 Å². The van der Waals surface area contributed by atoms with Crippen molar-refractivity contribution in [3.05, 3.63) is 0 Å². The highest BCUT2D eigenvalue weighted by atomic mass is 16.4. The Morgan fingerprint density at radius 1 is 0.889 bits per heavy atom. The zero-order valence-corrected chi connectivity index (χ0v) is 10.2. The van der Waals surface area contributed by atoms with Gasteiger partial charge in [-0.15, -0.1) is 0 Å². The van der Waals surface area contributed by atoms with Gasteiger partial charge in [-0.2, -0.15) is 0 Å². The predicted molar refractivity (Wildman–Crippen MR) is 62.0 cm³/mol. The summed E-state index contributed by atoms with van der Waals surface area (Å²) in [6, 6.07) is 0. The summed E-state index contributed by atoms with van der Waals surface area (Å²) in [5, 5.41) is 36.1. The number of rotatable bonds is 6. The second kappa shape index (κ2) is 6.70. The molecule has 0 heterocycles. The Kier molecular flexibility index (Phi) is 5.55. The maximum absolute atomic E-state index is 10.6. The van der Waals surface area contributed by atoms with E-state index in [1.165, 1.54) is 0 Å². The van der Waals surface area contributed by atoms with Crippen molar-refractivity contribution in [3.8, 4) is 0 Å². The van der Waals surface area contributed by atoms with E-state index in [2.05, 4.69) is 0 Å². The van der Waals surface area contributed by atoms with Crippen LogP contribution in [0, 0.1) is 11.8 Å². The summed E-state index contributed by atoms with van der Waals surface area (Å²) in [6.45, 7) is 0. The lowest BCUT2D eigenvalue weighted by Crippen LogP contribution is -2.32. The third kappa shape index (κ3) is 4.27. The van der Waals surface area contributed by atoms with Crippen LogP contribution in [0.25, 0.3) is 0 Å². The summed E-state index contributed by atoms with van der Waals surface area (Å²) in [4.78, 5) is 21.2. The average molecular weight is 260 g/mol. The fraction of sp³-hybridized carbons (Fsp3) is 0.833. The lowest BCUT2D eigenvalue weighted by molar-refractivity contribution is -0.150. The molecule has 0 amide bonds. The van der Waals surface area contributed by atoms with E-state index in [0.717, 1.165) is 25.7 Å². The molecule has 1 fully saturated rings. The van der Waals surface area contributed by atoms with Crippen LogP contribution in [0.3, 0.4) is 0 Å². The standard InChI is InChI=1S/C12H20O6/c13-9(11(15)16)5-7-3-1-2-4-8(7)6-10(14)12(17)18/h7-10,13-14H,1-6H2,(H,15,16)(H,17,18). The van der Waals surface area contributed by atoms with Crippen LogP contribution in [0.1, 0.15) is 38.5 Å². The molecule has 0 aliphatic heterocycles. The molecule has 4 atom stereocenters. The predicted octanol–water partition coefficient (Wildman–Crippen LogP) is 0.464. The molecular weight excluding hydrogens is 240 g/mol. The molecule has 6 nitrogen and oxygen atoms in total. The fourth-order valence-electron chi connectivity index (χ4n) is 2.68. The largest absolute Gasteiger partial charge is 0.479 e. The van der Waals surface area contributed by atoms with Gasteiger partial charge in [-0.25, -0.2) is 9.59 Å². The summed E-state index contributed by atoms with van der Waals surface area (Å²) >= 11 is 0. The maximum atomic E-state index is 10.6. The Morgan fingerprint density at radius 2 is 1.22 bits per heavy atom. The van der Waals surface area contributed by atoms with Gasteiger partial charge in [-0.1, -0.05) is 25.7 Å². The zero-order valence-electron chi connectivity index (χ0n) is 10.2. The Balaban J connectivity index is 2.56. The van der Waals surface area contributed by atoms with Crippen molar-refractivity contribution < 1.29 is 30.0 Å². The number of carboxylic acid groups (broad SMARTS) is 2. The highest BCUT2D eigenvalue weighted by molar-refractivity contribution is 5.72. The van der Waals surface area contributed by atoms with Crippen LogP contribution in [0.5, 0.6) is 0 Å². The van der Waals surface area contributed by atoms with E-state index >= 15 is 0 Å². The van der Waals surface area contributed by atoms with E-state index < -0.39 is 24.1 Å². The molecule has 1 aliphatic carbocycles. The number of aliphatic hydroxyl groups is 2. The summed E-state index contributed by atoms with van der Waals surface area (Å²) in [5.74, 6) is -2.56. The molecule has 104 valence electrons. The van der Waals surface area contributed by atoms with Gasteiger partial charge in [0.15, 0.2) is 12.2 Å². The Hall–Kier alpha value is -1.14. The van der Waals surface area contributed by atoms with Crippen LogP contribution >= 0.6 is 0 Å². The van der Waals surface area contributed by atoms with Crippen LogP contribution in [0.2, 0.25) is 0 Å². The molecule has 4 N–H and O–H groups in total. The van der Waals surface area contributed by atoms with Crippen molar-refractivity contribution in [1.29, 1.82) is 0 Å². The Bertz CT molecular complexity index is 273. The molecule has 0 spiro atoms. The zero-order chi connectivity index (χ0) is 13.7. The van der Waals surface area contributed by atoms with E-state index in [1.807, 2.05) is 0 Å². The van der Waals surface area contributed by atoms with Crippen molar-refractivity contribution in [2.75, 3.05) is 0 Å². The van der Waals surface area contributed by atoms with Gasteiger partial charge in [0, 0.05) is 0 Å². The van der Waals surface area contributed by atoms with Crippen molar-refractivity contribution in [2.45, 2.75) is 50.7 Å². The smallest absolute Gasteiger partial charge is 0.332 e. The van der Waals surface area contributed by atoms with E-state index in [4.69, 9.17) is 10.2 Å². The lowest BCUT2D eigenvalue weighted by Gasteiger charge is -2.32. The minimum absolute atomic E-state index is 0.0288. The minimum atomic E-state index is -1.41. The molecule has 0 aromatic carbocycles. The first-order chi connectivity index (χ1) is 8.41. The SMILES string of the molecule is O=C(O)C(O)CC1CCCCC1CC(O)C(=O)O. The van der Waals surface area contributed by atoms with Crippen molar-refractivity contribution in [3.63, 3.8) is 0 Å². The third-order valence-corrected chi connectivity index (χ3v) is 3.69. The van der Waals surface area contributed by atoms with Gasteiger partial charge in [-0.05, 0) is 24.7 Å². The molecule has 1 aliphatic rings. The fourth-order valence-corrected chi connectivity index (χ4v) is 2.68. The van der Waals surface area contributed by atoms with Gasteiger partial charge in [0.2, 0.25) is 0 Å². The normalized spacial score (nSPS) is 27.4. The number of hydrogen-bond donors (Lipinski definition) is 4. The van der Waals surface area contributed by atoms with Gasteiger partial charge in [-0.3, -0.25) is 0 Å². The minimum Gasteiger partial charge on any atom is -0.479 e. The molecule has 0 aromatic rings. The van der Waals surface area contributed by atoms with Crippen LogP contribution in [-0.2, 0) is 9.59 Å². The first-order valence-corrected chi connectivity index (χ1v) is 6.23. The van der Waals surface area contributed by atoms with E-state index in [0.29, 0.717) is 0 Å². The Morgan fingerprint density at radius 3 is 1.50 bits per heavy atom. The van der Waals surface area contributed by atoms with Gasteiger partial charge >= 0.3 is 11.9 Å².